The van der Waals surface area contributed by atoms with Crippen LogP contribution in [0.15, 0.2) is 12.2 Å². The normalized spacial score (nSPS) is 27.5. The molecule has 1 rings (SSSR count). The summed E-state index contributed by atoms with van der Waals surface area (Å²) in [4.78, 5) is 0. The molecule has 10 heavy (non-hydrogen) atoms. The second-order valence-corrected chi connectivity index (χ2v) is 2.66. The Kier molecular flexibility index (Phi) is 3.47. The predicted octanol–water partition coefficient (Wildman–Crippen LogP) is 0.514. The zero-order chi connectivity index (χ0) is 7.23. The predicted molar refractivity (Wildman–Crippen MR) is 44.1 cm³/mol. The molecule has 0 amide bonds. The maximum atomic E-state index is 3.44. The lowest BCUT2D eigenvalue weighted by molar-refractivity contribution is 0.421. The summed E-state index contributed by atoms with van der Waals surface area (Å²) in [5, 5.41) is 6.79. The first kappa shape index (κ1) is 7.76. The van der Waals surface area contributed by atoms with Crippen LogP contribution in [0.5, 0.6) is 0 Å². The molecule has 1 fully saturated rings. The van der Waals surface area contributed by atoms with Gasteiger partial charge in [-0.2, -0.15) is 0 Å². The van der Waals surface area contributed by atoms with E-state index in [2.05, 4.69) is 29.7 Å². The molecule has 58 valence electrons. The summed E-state index contributed by atoms with van der Waals surface area (Å²) in [5.74, 6) is 0. The molecule has 0 radical (unpaired) electrons. The van der Waals surface area contributed by atoms with Crippen molar-refractivity contribution in [1.82, 2.24) is 10.6 Å². The van der Waals surface area contributed by atoms with Crippen LogP contribution in [0.25, 0.3) is 0 Å². The summed E-state index contributed by atoms with van der Waals surface area (Å²) in [5.41, 5.74) is 0. The Labute approximate surface area is 62.7 Å². The Balaban J connectivity index is 2.13. The van der Waals surface area contributed by atoms with Gasteiger partial charge in [0.1, 0.15) is 0 Å². The molecular weight excluding hydrogens is 124 g/mol. The SMILES string of the molecule is C/C=C\C[C@@H]1CNCCN1. The van der Waals surface area contributed by atoms with E-state index < -0.39 is 0 Å². The molecular formula is C8H16N2. The lowest BCUT2D eigenvalue weighted by Gasteiger charge is -2.23. The minimum atomic E-state index is 0.657. The van der Waals surface area contributed by atoms with Gasteiger partial charge in [0.25, 0.3) is 0 Å². The monoisotopic (exact) mass is 140 g/mol. The fourth-order valence-electron chi connectivity index (χ4n) is 1.18. The van der Waals surface area contributed by atoms with E-state index in [4.69, 9.17) is 0 Å². The number of hydrogen-bond acceptors (Lipinski definition) is 2. The van der Waals surface area contributed by atoms with Crippen molar-refractivity contribution in [2.24, 2.45) is 0 Å². The molecule has 2 N–H and O–H groups in total. The Morgan fingerprint density at radius 2 is 2.40 bits per heavy atom. The van der Waals surface area contributed by atoms with Gasteiger partial charge in [-0.15, -0.1) is 0 Å². The van der Waals surface area contributed by atoms with E-state index in [1.54, 1.807) is 0 Å². The van der Waals surface area contributed by atoms with Crippen molar-refractivity contribution in [3.8, 4) is 0 Å². The third-order valence-corrected chi connectivity index (χ3v) is 1.78. The molecule has 0 unspecified atom stereocenters. The molecule has 0 aliphatic carbocycles. The molecule has 1 aliphatic heterocycles. The van der Waals surface area contributed by atoms with Gasteiger partial charge in [-0.25, -0.2) is 0 Å². The average molecular weight is 140 g/mol. The van der Waals surface area contributed by atoms with E-state index in [1.807, 2.05) is 0 Å². The Hall–Kier alpha value is -0.340. The molecule has 1 aliphatic rings. The van der Waals surface area contributed by atoms with Gasteiger partial charge in [-0.3, -0.25) is 0 Å². The molecule has 1 heterocycles. The largest absolute Gasteiger partial charge is 0.314 e. The summed E-state index contributed by atoms with van der Waals surface area (Å²) < 4.78 is 0. The van der Waals surface area contributed by atoms with E-state index in [-0.39, 0.29) is 0 Å². The van der Waals surface area contributed by atoms with Crippen LogP contribution < -0.4 is 10.6 Å². The van der Waals surface area contributed by atoms with Crippen molar-refractivity contribution >= 4 is 0 Å². The number of hydrogen-bond donors (Lipinski definition) is 2. The lowest BCUT2D eigenvalue weighted by Crippen LogP contribution is -2.47. The van der Waals surface area contributed by atoms with E-state index in [1.165, 1.54) is 0 Å². The number of allylic oxidation sites excluding steroid dienone is 1. The highest BCUT2D eigenvalue weighted by atomic mass is 15.0. The van der Waals surface area contributed by atoms with Crippen LogP contribution in [-0.2, 0) is 0 Å². The van der Waals surface area contributed by atoms with E-state index >= 15 is 0 Å². The van der Waals surface area contributed by atoms with Gasteiger partial charge in [-0.1, -0.05) is 12.2 Å². The maximum Gasteiger partial charge on any atom is 0.0227 e. The third-order valence-electron chi connectivity index (χ3n) is 1.78. The standard InChI is InChI=1S/C8H16N2/c1-2-3-4-8-7-9-5-6-10-8/h2-3,8-10H,4-7H2,1H3/b3-2-/t8-/m1/s1. The van der Waals surface area contributed by atoms with Gasteiger partial charge in [0, 0.05) is 25.7 Å². The summed E-state index contributed by atoms with van der Waals surface area (Å²) in [6, 6.07) is 0.657. The molecule has 1 atom stereocenters. The first-order valence-corrected chi connectivity index (χ1v) is 3.98. The van der Waals surface area contributed by atoms with E-state index in [0.717, 1.165) is 26.1 Å². The number of nitrogens with one attached hydrogen (secondary N) is 2. The fourth-order valence-corrected chi connectivity index (χ4v) is 1.18. The van der Waals surface area contributed by atoms with Gasteiger partial charge in [0.2, 0.25) is 0 Å². The highest BCUT2D eigenvalue weighted by molar-refractivity contribution is 4.86. The molecule has 2 heteroatoms. The summed E-state index contributed by atoms with van der Waals surface area (Å²) in [6.45, 7) is 5.41. The Bertz CT molecular complexity index is 104. The molecule has 0 aromatic heterocycles. The van der Waals surface area contributed by atoms with Crippen LogP contribution in [0.4, 0.5) is 0 Å². The van der Waals surface area contributed by atoms with Crippen LogP contribution in [0.2, 0.25) is 0 Å². The van der Waals surface area contributed by atoms with Crippen LogP contribution in [0.1, 0.15) is 13.3 Å². The molecule has 0 spiro atoms. The first-order chi connectivity index (χ1) is 4.93. The molecule has 0 saturated carbocycles. The van der Waals surface area contributed by atoms with Crippen LogP contribution >= 0.6 is 0 Å². The molecule has 0 aromatic rings. The number of piperazine rings is 1. The number of rotatable bonds is 2. The second-order valence-electron chi connectivity index (χ2n) is 2.66. The van der Waals surface area contributed by atoms with E-state index in [9.17, 15) is 0 Å². The van der Waals surface area contributed by atoms with Gasteiger partial charge in [0.15, 0.2) is 0 Å². The van der Waals surface area contributed by atoms with Gasteiger partial charge in [0.05, 0.1) is 0 Å². The third kappa shape index (κ3) is 2.50. The van der Waals surface area contributed by atoms with Gasteiger partial charge < -0.3 is 10.6 Å². The van der Waals surface area contributed by atoms with Crippen LogP contribution in [-0.4, -0.2) is 25.7 Å². The second kappa shape index (κ2) is 4.47. The minimum absolute atomic E-state index is 0.657. The van der Waals surface area contributed by atoms with Crippen molar-refractivity contribution in [2.45, 2.75) is 19.4 Å². The van der Waals surface area contributed by atoms with Crippen molar-refractivity contribution in [3.63, 3.8) is 0 Å². The summed E-state index contributed by atoms with van der Waals surface area (Å²) in [7, 11) is 0. The minimum Gasteiger partial charge on any atom is -0.314 e. The van der Waals surface area contributed by atoms with Crippen molar-refractivity contribution in [3.05, 3.63) is 12.2 Å². The van der Waals surface area contributed by atoms with Crippen molar-refractivity contribution in [2.75, 3.05) is 19.6 Å². The maximum absolute atomic E-state index is 3.44. The van der Waals surface area contributed by atoms with Gasteiger partial charge >= 0.3 is 0 Å². The molecule has 1 saturated heterocycles. The molecule has 2 nitrogen and oxygen atoms in total. The fraction of sp³-hybridized carbons (Fsp3) is 0.750. The zero-order valence-corrected chi connectivity index (χ0v) is 6.56. The van der Waals surface area contributed by atoms with Crippen LogP contribution in [0.3, 0.4) is 0 Å². The topological polar surface area (TPSA) is 24.1 Å². The van der Waals surface area contributed by atoms with Crippen LogP contribution in [0, 0.1) is 0 Å². The molecule has 0 aromatic carbocycles. The summed E-state index contributed by atoms with van der Waals surface area (Å²) >= 11 is 0. The molecule has 0 bridgehead atoms. The summed E-state index contributed by atoms with van der Waals surface area (Å²) in [6.07, 6.45) is 5.48. The zero-order valence-electron chi connectivity index (χ0n) is 6.56. The lowest BCUT2D eigenvalue weighted by atomic mass is 10.1. The quantitative estimate of drug-likeness (QED) is 0.546. The van der Waals surface area contributed by atoms with Crippen molar-refractivity contribution in [1.29, 1.82) is 0 Å². The Morgan fingerprint density at radius 1 is 1.50 bits per heavy atom. The van der Waals surface area contributed by atoms with E-state index in [0.29, 0.717) is 6.04 Å². The van der Waals surface area contributed by atoms with Crippen molar-refractivity contribution < 1.29 is 0 Å². The van der Waals surface area contributed by atoms with Gasteiger partial charge in [-0.05, 0) is 13.3 Å². The smallest absolute Gasteiger partial charge is 0.0227 e. The highest BCUT2D eigenvalue weighted by Crippen LogP contribution is 1.94. The first-order valence-electron chi connectivity index (χ1n) is 3.98. The highest BCUT2D eigenvalue weighted by Gasteiger charge is 2.08. The average Bonchev–Trinajstić information content (AvgIpc) is 2.03. The Morgan fingerprint density at radius 3 is 3.00 bits per heavy atom.